The molecule has 0 aliphatic carbocycles. The van der Waals surface area contributed by atoms with Gasteiger partial charge in [0, 0.05) is 0 Å². The molecule has 0 N–H and O–H groups in total. The second-order valence-electron chi connectivity index (χ2n) is 5.91. The molecule has 4 heteroatoms. The topological polar surface area (TPSA) is 12.5 Å². The third kappa shape index (κ3) is 7.14. The molecule has 0 radical (unpaired) electrons. The fourth-order valence-corrected chi connectivity index (χ4v) is 2.70. The van der Waals surface area contributed by atoms with E-state index in [1.54, 1.807) is 12.1 Å². The molecular weight excluding hydrogens is 289 g/mol. The summed E-state index contributed by atoms with van der Waals surface area (Å²) in [4.78, 5) is 2.58. The average Bonchev–Trinajstić information content (AvgIpc) is 2.48. The average molecular weight is 316 g/mol. The fraction of sp³-hybridized carbons (Fsp3) is 0.647. The second kappa shape index (κ2) is 10.0. The van der Waals surface area contributed by atoms with E-state index in [1.807, 2.05) is 0 Å². The molecule has 0 bridgehead atoms. The van der Waals surface area contributed by atoms with Crippen LogP contribution in [0.4, 0.5) is 4.39 Å². The first-order chi connectivity index (χ1) is 9.74. The molecule has 0 spiro atoms. The minimum Gasteiger partial charge on any atom is -0.493 e. The molecule has 1 unspecified atom stereocenters. The van der Waals surface area contributed by atoms with Gasteiger partial charge in [0.2, 0.25) is 0 Å². The van der Waals surface area contributed by atoms with E-state index in [9.17, 15) is 4.39 Å². The molecule has 120 valence electrons. The van der Waals surface area contributed by atoms with E-state index in [1.165, 1.54) is 63.9 Å². The lowest BCUT2D eigenvalue weighted by Crippen LogP contribution is -2.30. The number of piperidine rings is 1. The first kappa shape index (κ1) is 18.2. The summed E-state index contributed by atoms with van der Waals surface area (Å²) in [6, 6.07) is 6.26. The van der Waals surface area contributed by atoms with E-state index in [-0.39, 0.29) is 18.2 Å². The summed E-state index contributed by atoms with van der Waals surface area (Å²) in [6.07, 6.45) is 6.57. The number of hydrogen-bond acceptors (Lipinski definition) is 2. The standard InChI is InChI=1S/C17H26FNO.ClH/c1-15(6-5-13-19-11-3-2-4-12-19)14-20-17-9-7-16(18)8-10-17;/h7-10,15H,2-6,11-14H2,1H3;1H. The van der Waals surface area contributed by atoms with Gasteiger partial charge in [-0.05, 0) is 75.5 Å². The molecule has 2 rings (SSSR count). The Bertz CT molecular complexity index is 379. The Labute approximate surface area is 134 Å². The maximum Gasteiger partial charge on any atom is 0.123 e. The van der Waals surface area contributed by atoms with Gasteiger partial charge in [0.1, 0.15) is 11.6 Å². The van der Waals surface area contributed by atoms with Crippen LogP contribution in [0.25, 0.3) is 0 Å². The summed E-state index contributed by atoms with van der Waals surface area (Å²) in [6.45, 7) is 6.72. The summed E-state index contributed by atoms with van der Waals surface area (Å²) < 4.78 is 18.5. The molecular formula is C17H27ClFNO. The Morgan fingerprint density at radius 2 is 1.81 bits per heavy atom. The van der Waals surface area contributed by atoms with Gasteiger partial charge in [-0.25, -0.2) is 4.39 Å². The van der Waals surface area contributed by atoms with Crippen LogP contribution in [-0.4, -0.2) is 31.1 Å². The van der Waals surface area contributed by atoms with E-state index in [4.69, 9.17) is 4.74 Å². The Morgan fingerprint density at radius 1 is 1.14 bits per heavy atom. The first-order valence-electron chi connectivity index (χ1n) is 7.85. The summed E-state index contributed by atoms with van der Waals surface area (Å²) >= 11 is 0. The van der Waals surface area contributed by atoms with Crippen LogP contribution in [0, 0.1) is 11.7 Å². The molecule has 1 aromatic rings. The second-order valence-corrected chi connectivity index (χ2v) is 5.91. The number of nitrogens with zero attached hydrogens (tertiary/aromatic N) is 1. The van der Waals surface area contributed by atoms with Crippen molar-refractivity contribution in [3.05, 3.63) is 30.1 Å². The van der Waals surface area contributed by atoms with E-state index in [0.717, 1.165) is 5.75 Å². The minimum atomic E-state index is -0.216. The molecule has 1 heterocycles. The Morgan fingerprint density at radius 3 is 2.48 bits per heavy atom. The van der Waals surface area contributed by atoms with E-state index < -0.39 is 0 Å². The van der Waals surface area contributed by atoms with Crippen LogP contribution in [-0.2, 0) is 0 Å². The summed E-state index contributed by atoms with van der Waals surface area (Å²) in [5.74, 6) is 1.09. The van der Waals surface area contributed by atoms with Crippen LogP contribution < -0.4 is 4.74 Å². The van der Waals surface area contributed by atoms with Gasteiger partial charge in [-0.1, -0.05) is 13.3 Å². The monoisotopic (exact) mass is 315 g/mol. The fourth-order valence-electron chi connectivity index (χ4n) is 2.70. The normalized spacial score (nSPS) is 17.0. The molecule has 21 heavy (non-hydrogen) atoms. The van der Waals surface area contributed by atoms with Crippen molar-refractivity contribution >= 4 is 12.4 Å². The third-order valence-corrected chi connectivity index (χ3v) is 3.97. The van der Waals surface area contributed by atoms with Crippen molar-refractivity contribution in [1.29, 1.82) is 0 Å². The predicted octanol–water partition coefficient (Wildman–Crippen LogP) is 4.53. The van der Waals surface area contributed by atoms with Crippen molar-refractivity contribution in [2.24, 2.45) is 5.92 Å². The highest BCUT2D eigenvalue weighted by atomic mass is 35.5. The van der Waals surface area contributed by atoms with Crippen LogP contribution in [0.2, 0.25) is 0 Å². The molecule has 1 saturated heterocycles. The molecule has 0 aromatic heterocycles. The number of benzene rings is 1. The molecule has 0 amide bonds. The van der Waals surface area contributed by atoms with Gasteiger partial charge in [0.05, 0.1) is 6.61 Å². The van der Waals surface area contributed by atoms with Crippen molar-refractivity contribution in [3.63, 3.8) is 0 Å². The van der Waals surface area contributed by atoms with E-state index >= 15 is 0 Å². The number of rotatable bonds is 7. The lowest BCUT2D eigenvalue weighted by atomic mass is 10.1. The van der Waals surface area contributed by atoms with Gasteiger partial charge >= 0.3 is 0 Å². The molecule has 1 atom stereocenters. The summed E-state index contributed by atoms with van der Waals surface area (Å²) in [7, 11) is 0. The van der Waals surface area contributed by atoms with E-state index in [2.05, 4.69) is 11.8 Å². The third-order valence-electron chi connectivity index (χ3n) is 3.97. The first-order valence-corrected chi connectivity index (χ1v) is 7.85. The van der Waals surface area contributed by atoms with Crippen LogP contribution in [0.3, 0.4) is 0 Å². The van der Waals surface area contributed by atoms with Gasteiger partial charge in [-0.3, -0.25) is 0 Å². The van der Waals surface area contributed by atoms with Gasteiger partial charge in [-0.2, -0.15) is 0 Å². The number of halogens is 2. The molecule has 1 aliphatic heterocycles. The number of likely N-dealkylation sites (tertiary alicyclic amines) is 1. The predicted molar refractivity (Wildman–Crippen MR) is 87.8 cm³/mol. The summed E-state index contributed by atoms with van der Waals surface area (Å²) in [5, 5.41) is 0. The maximum absolute atomic E-state index is 12.8. The highest BCUT2D eigenvalue weighted by molar-refractivity contribution is 5.85. The van der Waals surface area contributed by atoms with Crippen LogP contribution >= 0.6 is 12.4 Å². The minimum absolute atomic E-state index is 0. The van der Waals surface area contributed by atoms with Gasteiger partial charge in [0.25, 0.3) is 0 Å². The zero-order chi connectivity index (χ0) is 14.2. The number of hydrogen-bond donors (Lipinski definition) is 0. The zero-order valence-electron chi connectivity index (χ0n) is 12.9. The van der Waals surface area contributed by atoms with Gasteiger partial charge < -0.3 is 9.64 Å². The van der Waals surface area contributed by atoms with Crippen molar-refractivity contribution in [1.82, 2.24) is 4.90 Å². The van der Waals surface area contributed by atoms with Crippen molar-refractivity contribution in [3.8, 4) is 5.75 Å². The SMILES string of the molecule is CC(CCCN1CCCCC1)COc1ccc(F)cc1.Cl. The molecule has 1 fully saturated rings. The molecule has 1 aliphatic rings. The molecule has 1 aromatic carbocycles. The van der Waals surface area contributed by atoms with Crippen LogP contribution in [0.5, 0.6) is 5.75 Å². The molecule has 0 saturated carbocycles. The highest BCUT2D eigenvalue weighted by Gasteiger charge is 2.10. The molecule has 2 nitrogen and oxygen atoms in total. The van der Waals surface area contributed by atoms with Gasteiger partial charge in [0.15, 0.2) is 0 Å². The van der Waals surface area contributed by atoms with E-state index in [0.29, 0.717) is 12.5 Å². The summed E-state index contributed by atoms with van der Waals surface area (Å²) in [5.41, 5.74) is 0. The van der Waals surface area contributed by atoms with Gasteiger partial charge in [-0.15, -0.1) is 12.4 Å². The lowest BCUT2D eigenvalue weighted by Gasteiger charge is -2.26. The van der Waals surface area contributed by atoms with Crippen molar-refractivity contribution in [2.75, 3.05) is 26.2 Å². The Balaban J connectivity index is 0.00000220. The van der Waals surface area contributed by atoms with Crippen molar-refractivity contribution in [2.45, 2.75) is 39.0 Å². The zero-order valence-corrected chi connectivity index (χ0v) is 13.7. The largest absolute Gasteiger partial charge is 0.493 e. The Kier molecular flexibility index (Phi) is 8.70. The lowest BCUT2D eigenvalue weighted by molar-refractivity contribution is 0.207. The highest BCUT2D eigenvalue weighted by Crippen LogP contribution is 2.15. The van der Waals surface area contributed by atoms with Crippen LogP contribution in [0.15, 0.2) is 24.3 Å². The smallest absolute Gasteiger partial charge is 0.123 e. The quantitative estimate of drug-likeness (QED) is 0.733. The van der Waals surface area contributed by atoms with Crippen LogP contribution in [0.1, 0.15) is 39.0 Å². The maximum atomic E-state index is 12.8. The number of ether oxygens (including phenoxy) is 1. The Hall–Kier alpha value is -0.800. The van der Waals surface area contributed by atoms with Crippen molar-refractivity contribution < 1.29 is 9.13 Å².